The van der Waals surface area contributed by atoms with Gasteiger partial charge in [0.05, 0.1) is 0 Å². The number of aryl methyl sites for hydroxylation is 2. The van der Waals surface area contributed by atoms with Crippen LogP contribution in [0.5, 0.6) is 0 Å². The van der Waals surface area contributed by atoms with Gasteiger partial charge in [-0.3, -0.25) is 15.0 Å². The largest absolute Gasteiger partial charge is 0.466 e. The Morgan fingerprint density at radius 2 is 1.86 bits per heavy atom. The molecular weight excluding hydrogens is 270 g/mol. The molecule has 21 heavy (non-hydrogen) atoms. The third-order valence-electron chi connectivity index (χ3n) is 2.96. The summed E-state index contributed by atoms with van der Waals surface area (Å²) in [6.07, 6.45) is 0.880. The summed E-state index contributed by atoms with van der Waals surface area (Å²) in [7, 11) is 0. The first kappa shape index (κ1) is 14.8. The molecule has 0 bridgehead atoms. The van der Waals surface area contributed by atoms with E-state index in [-0.39, 0.29) is 11.8 Å². The Morgan fingerprint density at radius 1 is 1.14 bits per heavy atom. The van der Waals surface area contributed by atoms with E-state index in [1.54, 1.807) is 24.3 Å². The predicted molar refractivity (Wildman–Crippen MR) is 78.5 cm³/mol. The summed E-state index contributed by atoms with van der Waals surface area (Å²) in [5.74, 6) is 6.18. The molecule has 0 aliphatic rings. The monoisotopic (exact) mass is 287 g/mol. The van der Waals surface area contributed by atoms with Crippen molar-refractivity contribution in [3.63, 3.8) is 0 Å². The van der Waals surface area contributed by atoms with E-state index in [2.05, 4.69) is 5.32 Å². The van der Waals surface area contributed by atoms with Crippen LogP contribution in [0.3, 0.4) is 0 Å². The smallest absolute Gasteiger partial charge is 0.265 e. The minimum Gasteiger partial charge on any atom is -0.466 e. The average Bonchev–Trinajstić information content (AvgIpc) is 2.91. The number of hydrogen-bond acceptors (Lipinski definition) is 4. The molecule has 1 heterocycles. The molecule has 0 unspecified atom stereocenters. The maximum absolute atomic E-state index is 11.8. The van der Waals surface area contributed by atoms with Gasteiger partial charge in [-0.25, -0.2) is 5.84 Å². The number of hydrazine groups is 1. The standard InChI is InChI=1S/C15H17N3O3/c1-10-2-7-13(21-10)8-9-14(19)17-12-5-3-11(4-6-12)15(20)18-16/h2-7H,8-9,16H2,1H3,(H,17,19)(H,18,20). The van der Waals surface area contributed by atoms with Crippen LogP contribution in [0.15, 0.2) is 40.8 Å². The lowest BCUT2D eigenvalue weighted by atomic mass is 10.2. The second-order valence-electron chi connectivity index (χ2n) is 4.61. The second-order valence-corrected chi connectivity index (χ2v) is 4.61. The molecule has 0 atom stereocenters. The number of hydrogen-bond donors (Lipinski definition) is 3. The normalized spacial score (nSPS) is 10.2. The van der Waals surface area contributed by atoms with Gasteiger partial charge in [0.15, 0.2) is 0 Å². The Labute approximate surface area is 122 Å². The molecular formula is C15H17N3O3. The van der Waals surface area contributed by atoms with Crippen molar-refractivity contribution < 1.29 is 14.0 Å². The second kappa shape index (κ2) is 6.71. The summed E-state index contributed by atoms with van der Waals surface area (Å²) < 4.78 is 5.40. The lowest BCUT2D eigenvalue weighted by molar-refractivity contribution is -0.116. The van der Waals surface area contributed by atoms with Crippen LogP contribution in [-0.4, -0.2) is 11.8 Å². The molecule has 2 amide bonds. The zero-order valence-corrected chi connectivity index (χ0v) is 11.7. The zero-order chi connectivity index (χ0) is 15.2. The average molecular weight is 287 g/mol. The van der Waals surface area contributed by atoms with Crippen LogP contribution in [0.1, 0.15) is 28.3 Å². The molecule has 4 N–H and O–H groups in total. The SMILES string of the molecule is Cc1ccc(CCC(=O)Nc2ccc(C(=O)NN)cc2)o1. The van der Waals surface area contributed by atoms with Gasteiger partial charge in [-0.05, 0) is 43.3 Å². The van der Waals surface area contributed by atoms with Gasteiger partial charge in [0.1, 0.15) is 11.5 Å². The van der Waals surface area contributed by atoms with Gasteiger partial charge < -0.3 is 9.73 Å². The first-order valence-electron chi connectivity index (χ1n) is 6.54. The van der Waals surface area contributed by atoms with Crippen molar-refractivity contribution in [2.75, 3.05) is 5.32 Å². The van der Waals surface area contributed by atoms with E-state index in [1.165, 1.54) is 0 Å². The van der Waals surface area contributed by atoms with Crippen molar-refractivity contribution in [1.82, 2.24) is 5.43 Å². The molecule has 1 aromatic carbocycles. The van der Waals surface area contributed by atoms with Crippen LogP contribution in [0.4, 0.5) is 5.69 Å². The van der Waals surface area contributed by atoms with Gasteiger partial charge >= 0.3 is 0 Å². The molecule has 2 aromatic rings. The van der Waals surface area contributed by atoms with Crippen molar-refractivity contribution in [1.29, 1.82) is 0 Å². The van der Waals surface area contributed by atoms with Crippen LogP contribution < -0.4 is 16.6 Å². The summed E-state index contributed by atoms with van der Waals surface area (Å²) in [6.45, 7) is 1.86. The van der Waals surface area contributed by atoms with Gasteiger partial charge in [0.25, 0.3) is 5.91 Å². The molecule has 0 spiro atoms. The number of benzene rings is 1. The maximum atomic E-state index is 11.8. The van der Waals surface area contributed by atoms with Gasteiger partial charge in [-0.15, -0.1) is 0 Å². The number of nitrogen functional groups attached to an aromatic ring is 1. The number of nitrogens with two attached hydrogens (primary N) is 1. The Kier molecular flexibility index (Phi) is 4.73. The van der Waals surface area contributed by atoms with Crippen molar-refractivity contribution in [3.05, 3.63) is 53.5 Å². The molecule has 0 saturated heterocycles. The van der Waals surface area contributed by atoms with Crippen LogP contribution in [0, 0.1) is 6.92 Å². The van der Waals surface area contributed by atoms with Gasteiger partial charge in [0, 0.05) is 24.1 Å². The molecule has 0 saturated carbocycles. The lowest BCUT2D eigenvalue weighted by Crippen LogP contribution is -2.29. The number of rotatable bonds is 5. The van der Waals surface area contributed by atoms with Crippen molar-refractivity contribution in [2.24, 2.45) is 5.84 Å². The fourth-order valence-corrected chi connectivity index (χ4v) is 1.87. The van der Waals surface area contributed by atoms with E-state index in [4.69, 9.17) is 10.3 Å². The number of nitrogens with one attached hydrogen (secondary N) is 2. The Balaban J connectivity index is 1.86. The first-order chi connectivity index (χ1) is 10.1. The van der Waals surface area contributed by atoms with Gasteiger partial charge in [-0.2, -0.15) is 0 Å². The molecule has 6 heteroatoms. The summed E-state index contributed by atoms with van der Waals surface area (Å²) in [5, 5.41) is 2.76. The minimum absolute atomic E-state index is 0.111. The summed E-state index contributed by atoms with van der Waals surface area (Å²) >= 11 is 0. The fraction of sp³-hybridized carbons (Fsp3) is 0.200. The fourth-order valence-electron chi connectivity index (χ4n) is 1.87. The first-order valence-corrected chi connectivity index (χ1v) is 6.54. The van der Waals surface area contributed by atoms with Gasteiger partial charge in [0.2, 0.25) is 5.91 Å². The van der Waals surface area contributed by atoms with Crippen LogP contribution >= 0.6 is 0 Å². The topological polar surface area (TPSA) is 97.4 Å². The highest BCUT2D eigenvalue weighted by molar-refractivity contribution is 5.95. The Hall–Kier alpha value is -2.60. The highest BCUT2D eigenvalue weighted by Crippen LogP contribution is 2.12. The van der Waals surface area contributed by atoms with Crippen molar-refractivity contribution in [2.45, 2.75) is 19.8 Å². The van der Waals surface area contributed by atoms with Crippen molar-refractivity contribution in [3.8, 4) is 0 Å². The van der Waals surface area contributed by atoms with Crippen LogP contribution in [0.2, 0.25) is 0 Å². The van der Waals surface area contributed by atoms with Crippen LogP contribution in [-0.2, 0) is 11.2 Å². The van der Waals surface area contributed by atoms with E-state index < -0.39 is 0 Å². The Bertz CT molecular complexity index is 632. The lowest BCUT2D eigenvalue weighted by Gasteiger charge is -2.05. The number of amides is 2. The third-order valence-corrected chi connectivity index (χ3v) is 2.96. The molecule has 2 rings (SSSR count). The summed E-state index contributed by atoms with van der Waals surface area (Å²) in [5.41, 5.74) is 3.11. The molecule has 110 valence electrons. The van der Waals surface area contributed by atoms with Crippen LogP contribution in [0.25, 0.3) is 0 Å². The number of carbonyl (C=O) groups excluding carboxylic acids is 2. The molecule has 0 radical (unpaired) electrons. The van der Waals surface area contributed by atoms with Gasteiger partial charge in [-0.1, -0.05) is 0 Å². The summed E-state index contributed by atoms with van der Waals surface area (Å²) in [4.78, 5) is 23.1. The predicted octanol–water partition coefficient (Wildman–Crippen LogP) is 1.76. The molecule has 0 fully saturated rings. The highest BCUT2D eigenvalue weighted by Gasteiger charge is 2.07. The zero-order valence-electron chi connectivity index (χ0n) is 11.7. The molecule has 0 aliphatic carbocycles. The highest BCUT2D eigenvalue weighted by atomic mass is 16.3. The molecule has 1 aromatic heterocycles. The Morgan fingerprint density at radius 3 is 2.43 bits per heavy atom. The third kappa shape index (κ3) is 4.19. The summed E-state index contributed by atoms with van der Waals surface area (Å²) in [6, 6.07) is 10.2. The maximum Gasteiger partial charge on any atom is 0.265 e. The van der Waals surface area contributed by atoms with E-state index in [0.29, 0.717) is 24.1 Å². The number of furan rings is 1. The van der Waals surface area contributed by atoms with E-state index in [0.717, 1.165) is 11.5 Å². The van der Waals surface area contributed by atoms with Crippen molar-refractivity contribution >= 4 is 17.5 Å². The molecule has 6 nitrogen and oxygen atoms in total. The van der Waals surface area contributed by atoms with E-state index in [1.807, 2.05) is 24.5 Å². The number of carbonyl (C=O) groups is 2. The van der Waals surface area contributed by atoms with E-state index >= 15 is 0 Å². The number of anilines is 1. The minimum atomic E-state index is -0.374. The molecule has 0 aliphatic heterocycles. The quantitative estimate of drug-likeness (QED) is 0.443. The van der Waals surface area contributed by atoms with E-state index in [9.17, 15) is 9.59 Å².